The van der Waals surface area contributed by atoms with Crippen molar-refractivity contribution in [2.24, 2.45) is 0 Å². The molecule has 2 aliphatic rings. The van der Waals surface area contributed by atoms with Crippen LogP contribution in [0.5, 0.6) is 5.75 Å². The molecule has 7 heteroatoms. The lowest BCUT2D eigenvalue weighted by molar-refractivity contribution is -0.124. The highest BCUT2D eigenvalue weighted by molar-refractivity contribution is 8.18. The Morgan fingerprint density at radius 2 is 1.65 bits per heavy atom. The molecular weight excluding hydrogens is 446 g/mol. The van der Waals surface area contributed by atoms with E-state index in [2.05, 4.69) is 28.9 Å². The minimum Gasteiger partial charge on any atom is -0.494 e. The molecule has 0 N–H and O–H groups in total. The second kappa shape index (κ2) is 12.1. The van der Waals surface area contributed by atoms with Gasteiger partial charge in [0.05, 0.1) is 18.2 Å². The van der Waals surface area contributed by atoms with Gasteiger partial charge in [-0.3, -0.25) is 19.4 Å². The predicted octanol–water partition coefficient (Wildman–Crippen LogP) is 5.46. The maximum absolute atomic E-state index is 12.9. The number of para-hydroxylation sites is 1. The summed E-state index contributed by atoms with van der Waals surface area (Å²) in [6.07, 6.45) is 6.49. The molecule has 0 aliphatic carbocycles. The van der Waals surface area contributed by atoms with Gasteiger partial charge in [0.1, 0.15) is 5.75 Å². The molecule has 0 bridgehead atoms. The zero-order valence-corrected chi connectivity index (χ0v) is 20.6. The zero-order chi connectivity index (χ0) is 23.8. The SMILES string of the molecule is CCCCCCOc1ccc(/C=C2/SC(=O)N(CN3CCN(c4ccccc4)CC3)C2=O)cc1. The van der Waals surface area contributed by atoms with Gasteiger partial charge in [0.15, 0.2) is 0 Å². The largest absolute Gasteiger partial charge is 0.494 e. The normalized spacial score (nSPS) is 18.2. The second-order valence-electron chi connectivity index (χ2n) is 8.67. The predicted molar refractivity (Wildman–Crippen MR) is 139 cm³/mol. The lowest BCUT2D eigenvalue weighted by Gasteiger charge is -2.37. The van der Waals surface area contributed by atoms with Crippen LogP contribution in [0.3, 0.4) is 0 Å². The number of benzene rings is 2. The summed E-state index contributed by atoms with van der Waals surface area (Å²) in [5.74, 6) is 0.619. The first-order chi connectivity index (χ1) is 16.6. The molecule has 0 aromatic heterocycles. The maximum Gasteiger partial charge on any atom is 0.294 e. The summed E-state index contributed by atoms with van der Waals surface area (Å²) in [5, 5.41) is -0.200. The van der Waals surface area contributed by atoms with Crippen molar-refractivity contribution in [3.8, 4) is 5.75 Å². The van der Waals surface area contributed by atoms with Gasteiger partial charge in [-0.15, -0.1) is 0 Å². The third-order valence-corrected chi connectivity index (χ3v) is 7.06. The van der Waals surface area contributed by atoms with E-state index >= 15 is 0 Å². The van der Waals surface area contributed by atoms with Crippen LogP contribution in [-0.4, -0.2) is 60.4 Å². The number of anilines is 1. The number of hydrogen-bond acceptors (Lipinski definition) is 6. The number of carbonyl (C=O) groups excluding carboxylic acids is 2. The van der Waals surface area contributed by atoms with Gasteiger partial charge >= 0.3 is 0 Å². The van der Waals surface area contributed by atoms with E-state index in [1.165, 1.54) is 29.8 Å². The monoisotopic (exact) mass is 479 g/mol. The number of carbonyl (C=O) groups is 2. The van der Waals surface area contributed by atoms with Gasteiger partial charge in [0.25, 0.3) is 11.1 Å². The number of nitrogens with zero attached hydrogens (tertiary/aromatic N) is 3. The molecule has 2 saturated heterocycles. The van der Waals surface area contributed by atoms with Crippen molar-refractivity contribution in [1.82, 2.24) is 9.80 Å². The number of hydrogen-bond donors (Lipinski definition) is 0. The molecule has 180 valence electrons. The maximum atomic E-state index is 12.9. The summed E-state index contributed by atoms with van der Waals surface area (Å²) in [7, 11) is 0. The van der Waals surface area contributed by atoms with Crippen LogP contribution in [0, 0.1) is 0 Å². The molecule has 0 radical (unpaired) electrons. The van der Waals surface area contributed by atoms with Gasteiger partial charge < -0.3 is 9.64 Å². The first kappa shape index (κ1) is 24.4. The molecule has 0 unspecified atom stereocenters. The zero-order valence-electron chi connectivity index (χ0n) is 19.8. The molecule has 2 aliphatic heterocycles. The van der Waals surface area contributed by atoms with Gasteiger partial charge in [-0.05, 0) is 54.1 Å². The van der Waals surface area contributed by atoms with Crippen molar-refractivity contribution < 1.29 is 14.3 Å². The number of ether oxygens (including phenoxy) is 1. The van der Waals surface area contributed by atoms with Crippen molar-refractivity contribution in [3.05, 3.63) is 65.1 Å². The summed E-state index contributed by atoms with van der Waals surface area (Å²) in [6, 6.07) is 18.0. The average Bonchev–Trinajstić information content (AvgIpc) is 3.13. The first-order valence-electron chi connectivity index (χ1n) is 12.1. The molecule has 0 atom stereocenters. The van der Waals surface area contributed by atoms with Gasteiger partial charge in [0, 0.05) is 31.9 Å². The topological polar surface area (TPSA) is 53.1 Å². The Balaban J connectivity index is 1.28. The lowest BCUT2D eigenvalue weighted by Crippen LogP contribution is -2.50. The Kier molecular flexibility index (Phi) is 8.66. The molecule has 2 aromatic rings. The van der Waals surface area contributed by atoms with Crippen LogP contribution in [0.1, 0.15) is 38.2 Å². The van der Waals surface area contributed by atoms with E-state index < -0.39 is 0 Å². The number of amides is 2. The first-order valence-corrected chi connectivity index (χ1v) is 13.0. The molecule has 34 heavy (non-hydrogen) atoms. The van der Waals surface area contributed by atoms with E-state index in [1.54, 1.807) is 6.08 Å². The molecule has 0 saturated carbocycles. The minimum absolute atomic E-state index is 0.200. The molecular formula is C27H33N3O3S. The highest BCUT2D eigenvalue weighted by Crippen LogP contribution is 2.32. The van der Waals surface area contributed by atoms with E-state index in [9.17, 15) is 9.59 Å². The number of piperazine rings is 1. The summed E-state index contributed by atoms with van der Waals surface area (Å²) in [4.78, 5) is 31.8. The number of rotatable bonds is 10. The van der Waals surface area contributed by atoms with Crippen LogP contribution in [0.25, 0.3) is 6.08 Å². The molecule has 4 rings (SSSR count). The van der Waals surface area contributed by atoms with Crippen LogP contribution in [-0.2, 0) is 4.79 Å². The minimum atomic E-state index is -0.211. The molecule has 2 heterocycles. The van der Waals surface area contributed by atoms with Crippen LogP contribution >= 0.6 is 11.8 Å². The van der Waals surface area contributed by atoms with Crippen molar-refractivity contribution in [2.75, 3.05) is 44.4 Å². The van der Waals surface area contributed by atoms with Crippen molar-refractivity contribution in [3.63, 3.8) is 0 Å². The molecule has 0 spiro atoms. The number of thioether (sulfide) groups is 1. The molecule has 6 nitrogen and oxygen atoms in total. The fourth-order valence-electron chi connectivity index (χ4n) is 4.14. The molecule has 2 aromatic carbocycles. The summed E-state index contributed by atoms with van der Waals surface area (Å²) in [6.45, 7) is 6.64. The van der Waals surface area contributed by atoms with E-state index in [0.29, 0.717) is 11.6 Å². The number of imide groups is 1. The smallest absolute Gasteiger partial charge is 0.294 e. The van der Waals surface area contributed by atoms with Crippen LogP contribution in [0.15, 0.2) is 59.5 Å². The third kappa shape index (κ3) is 6.42. The van der Waals surface area contributed by atoms with Crippen molar-refractivity contribution in [1.29, 1.82) is 0 Å². The Morgan fingerprint density at radius 3 is 2.35 bits per heavy atom. The van der Waals surface area contributed by atoms with Crippen molar-refractivity contribution >= 4 is 34.7 Å². The Labute approximate surface area is 206 Å². The van der Waals surface area contributed by atoms with Crippen molar-refractivity contribution in [2.45, 2.75) is 32.6 Å². The lowest BCUT2D eigenvalue weighted by atomic mass is 10.2. The summed E-state index contributed by atoms with van der Waals surface area (Å²) >= 11 is 1.02. The fourth-order valence-corrected chi connectivity index (χ4v) is 4.97. The summed E-state index contributed by atoms with van der Waals surface area (Å²) in [5.41, 5.74) is 2.10. The van der Waals surface area contributed by atoms with E-state index in [1.807, 2.05) is 42.5 Å². The van der Waals surface area contributed by atoms with Gasteiger partial charge in [0.2, 0.25) is 0 Å². The van der Waals surface area contributed by atoms with Gasteiger partial charge in [-0.1, -0.05) is 56.5 Å². The van der Waals surface area contributed by atoms with Crippen LogP contribution < -0.4 is 9.64 Å². The van der Waals surface area contributed by atoms with Gasteiger partial charge in [-0.2, -0.15) is 0 Å². The van der Waals surface area contributed by atoms with E-state index in [4.69, 9.17) is 4.74 Å². The van der Waals surface area contributed by atoms with Crippen LogP contribution in [0.2, 0.25) is 0 Å². The highest BCUT2D eigenvalue weighted by atomic mass is 32.2. The summed E-state index contributed by atoms with van der Waals surface area (Å²) < 4.78 is 5.79. The quantitative estimate of drug-likeness (QED) is 0.333. The van der Waals surface area contributed by atoms with E-state index in [-0.39, 0.29) is 11.1 Å². The van der Waals surface area contributed by atoms with Gasteiger partial charge in [-0.25, -0.2) is 0 Å². The molecule has 2 amide bonds. The third-order valence-electron chi connectivity index (χ3n) is 6.15. The second-order valence-corrected chi connectivity index (χ2v) is 9.66. The van der Waals surface area contributed by atoms with Crippen LogP contribution in [0.4, 0.5) is 10.5 Å². The Morgan fingerprint density at radius 1 is 0.912 bits per heavy atom. The molecule has 2 fully saturated rings. The Bertz CT molecular complexity index is 986. The highest BCUT2D eigenvalue weighted by Gasteiger charge is 2.36. The fraction of sp³-hybridized carbons (Fsp3) is 0.407. The average molecular weight is 480 g/mol. The standard InChI is InChI=1S/C27H33N3O3S/c1-2-3-4-8-19-33-24-13-11-22(12-14-24)20-25-26(31)30(27(32)34-25)21-28-15-17-29(18-16-28)23-9-6-5-7-10-23/h5-7,9-14,20H,2-4,8,15-19,21H2,1H3/b25-20+. The van der Waals surface area contributed by atoms with E-state index in [0.717, 1.165) is 62.3 Å². The Hall–Kier alpha value is -2.77. The number of unbranched alkanes of at least 4 members (excludes halogenated alkanes) is 3.